The predicted octanol–water partition coefficient (Wildman–Crippen LogP) is 3.39. The van der Waals surface area contributed by atoms with E-state index in [0.29, 0.717) is 16.8 Å². The number of rotatable bonds is 4. The Morgan fingerprint density at radius 3 is 2.46 bits per heavy atom. The summed E-state index contributed by atoms with van der Waals surface area (Å²) in [5.41, 5.74) is -1.77. The lowest BCUT2D eigenvalue weighted by molar-refractivity contribution is -0.140. The highest BCUT2D eigenvalue weighted by molar-refractivity contribution is 5.87. The molecule has 0 saturated carbocycles. The molecule has 0 bridgehead atoms. The number of ether oxygens (including phenoxy) is 3. The quantitative estimate of drug-likeness (QED) is 0.600. The lowest BCUT2D eigenvalue weighted by Crippen LogP contribution is -2.23. The number of aromatic nitrogens is 1. The molecule has 0 aliphatic carbocycles. The summed E-state index contributed by atoms with van der Waals surface area (Å²) in [6.45, 7) is -0.353. The van der Waals surface area contributed by atoms with Crippen molar-refractivity contribution in [2.24, 2.45) is 0 Å². The van der Waals surface area contributed by atoms with Crippen LogP contribution in [0.1, 0.15) is 6.92 Å². The maximum Gasteiger partial charge on any atom is 0.514 e. The van der Waals surface area contributed by atoms with Gasteiger partial charge in [-0.1, -0.05) is 0 Å². The molecule has 142 valence electrons. The number of hydrogen-bond acceptors (Lipinski definition) is 5. The lowest BCUT2D eigenvalue weighted by Gasteiger charge is -2.17. The Hall–Kier alpha value is -2.85. The Kier molecular flexibility index (Phi) is 5.38. The SMILES string of the molecule is CCOC(=O)Oc1cn(CC(F)(F)F)c2c(OC)c(F)c(F)cc2c1=O. The Labute approximate surface area is 142 Å². The summed E-state index contributed by atoms with van der Waals surface area (Å²) >= 11 is 0. The third kappa shape index (κ3) is 3.86. The predicted molar refractivity (Wildman–Crippen MR) is 78.4 cm³/mol. The molecule has 0 atom stereocenters. The van der Waals surface area contributed by atoms with Gasteiger partial charge in [0.25, 0.3) is 0 Å². The number of nitrogens with zero attached hydrogens (tertiary/aromatic N) is 1. The number of hydrogen-bond donors (Lipinski definition) is 0. The van der Waals surface area contributed by atoms with Gasteiger partial charge in [-0.25, -0.2) is 9.18 Å². The summed E-state index contributed by atoms with van der Waals surface area (Å²) in [6, 6.07) is 0.403. The van der Waals surface area contributed by atoms with Crippen LogP contribution in [0.5, 0.6) is 11.5 Å². The van der Waals surface area contributed by atoms with Crippen molar-refractivity contribution in [3.63, 3.8) is 0 Å². The molecule has 6 nitrogen and oxygen atoms in total. The molecule has 26 heavy (non-hydrogen) atoms. The molecular weight excluding hydrogens is 369 g/mol. The van der Waals surface area contributed by atoms with Gasteiger partial charge in [-0.05, 0) is 13.0 Å². The highest BCUT2D eigenvalue weighted by atomic mass is 19.4. The largest absolute Gasteiger partial charge is 0.514 e. The number of fused-ring (bicyclic) bond motifs is 1. The van der Waals surface area contributed by atoms with Crippen LogP contribution in [0.4, 0.5) is 26.7 Å². The third-order valence-electron chi connectivity index (χ3n) is 3.19. The van der Waals surface area contributed by atoms with Crippen molar-refractivity contribution in [3.05, 3.63) is 34.1 Å². The van der Waals surface area contributed by atoms with Crippen molar-refractivity contribution in [3.8, 4) is 11.5 Å². The van der Waals surface area contributed by atoms with Crippen molar-refractivity contribution < 1.29 is 41.0 Å². The van der Waals surface area contributed by atoms with Crippen molar-refractivity contribution in [1.82, 2.24) is 4.57 Å². The first kappa shape index (κ1) is 19.5. The molecule has 0 saturated heterocycles. The fourth-order valence-corrected chi connectivity index (χ4v) is 2.26. The fourth-order valence-electron chi connectivity index (χ4n) is 2.26. The first-order chi connectivity index (χ1) is 12.1. The lowest BCUT2D eigenvalue weighted by atomic mass is 10.1. The highest BCUT2D eigenvalue weighted by Gasteiger charge is 2.31. The van der Waals surface area contributed by atoms with E-state index in [1.54, 1.807) is 0 Å². The van der Waals surface area contributed by atoms with Crippen LogP contribution >= 0.6 is 0 Å². The fraction of sp³-hybridized carbons (Fsp3) is 0.333. The van der Waals surface area contributed by atoms with E-state index in [2.05, 4.69) is 14.2 Å². The summed E-state index contributed by atoms with van der Waals surface area (Å²) in [7, 11) is 0.905. The number of halogens is 5. The Morgan fingerprint density at radius 1 is 1.27 bits per heavy atom. The second-order valence-electron chi connectivity index (χ2n) is 4.95. The minimum Gasteiger partial charge on any atom is -0.491 e. The van der Waals surface area contributed by atoms with Crippen molar-refractivity contribution in [2.75, 3.05) is 13.7 Å². The van der Waals surface area contributed by atoms with Gasteiger partial charge < -0.3 is 18.8 Å². The summed E-state index contributed by atoms with van der Waals surface area (Å²) in [4.78, 5) is 23.7. The van der Waals surface area contributed by atoms with Crippen molar-refractivity contribution in [1.29, 1.82) is 0 Å². The molecule has 0 fully saturated rings. The van der Waals surface area contributed by atoms with E-state index >= 15 is 0 Å². The number of methoxy groups -OCH3 is 1. The van der Waals surface area contributed by atoms with Crippen LogP contribution in [0.15, 0.2) is 17.1 Å². The van der Waals surface area contributed by atoms with Crippen LogP contribution in [0.2, 0.25) is 0 Å². The molecule has 0 radical (unpaired) electrons. The van der Waals surface area contributed by atoms with E-state index in [4.69, 9.17) is 0 Å². The van der Waals surface area contributed by atoms with E-state index in [0.717, 1.165) is 7.11 Å². The zero-order valence-electron chi connectivity index (χ0n) is 13.4. The number of alkyl halides is 3. The topological polar surface area (TPSA) is 66.8 Å². The van der Waals surface area contributed by atoms with Crippen LogP contribution in [-0.2, 0) is 11.3 Å². The van der Waals surface area contributed by atoms with Gasteiger partial charge in [0.15, 0.2) is 17.3 Å². The molecule has 2 aromatic rings. The zero-order valence-corrected chi connectivity index (χ0v) is 13.4. The number of carbonyl (C=O) groups is 1. The summed E-state index contributed by atoms with van der Waals surface area (Å²) in [5.74, 6) is -4.80. The molecule has 1 aromatic heterocycles. The average molecular weight is 381 g/mol. The molecule has 2 rings (SSSR count). The van der Waals surface area contributed by atoms with Gasteiger partial charge in [0.1, 0.15) is 6.54 Å². The summed E-state index contributed by atoms with van der Waals surface area (Å²) < 4.78 is 80.2. The monoisotopic (exact) mass is 381 g/mol. The molecule has 0 aliphatic heterocycles. The number of carbonyl (C=O) groups excluding carboxylic acids is 1. The highest BCUT2D eigenvalue weighted by Crippen LogP contribution is 2.32. The Balaban J connectivity index is 2.82. The first-order valence-electron chi connectivity index (χ1n) is 7.09. The minimum absolute atomic E-state index is 0.114. The van der Waals surface area contributed by atoms with E-state index in [1.807, 2.05) is 0 Å². The molecule has 0 amide bonds. The van der Waals surface area contributed by atoms with Crippen molar-refractivity contribution >= 4 is 17.1 Å². The molecule has 1 aromatic carbocycles. The van der Waals surface area contributed by atoms with E-state index in [1.165, 1.54) is 6.92 Å². The maximum atomic E-state index is 13.9. The van der Waals surface area contributed by atoms with Gasteiger partial charge in [-0.15, -0.1) is 0 Å². The molecule has 0 unspecified atom stereocenters. The van der Waals surface area contributed by atoms with Crippen LogP contribution in [-0.4, -0.2) is 30.6 Å². The molecule has 1 heterocycles. The van der Waals surface area contributed by atoms with Gasteiger partial charge >= 0.3 is 12.3 Å². The smallest absolute Gasteiger partial charge is 0.491 e. The standard InChI is InChI=1S/C15H12F5NO5/c1-3-25-14(23)26-9-5-21(6-15(18,19)20)11-7(12(9)22)4-8(16)10(17)13(11)24-2/h4-5H,3,6H2,1-2H3. The van der Waals surface area contributed by atoms with Gasteiger partial charge in [0.05, 0.1) is 30.8 Å². The normalized spacial score (nSPS) is 11.5. The van der Waals surface area contributed by atoms with Gasteiger partial charge in [0.2, 0.25) is 11.2 Å². The van der Waals surface area contributed by atoms with E-state index in [9.17, 15) is 31.5 Å². The van der Waals surface area contributed by atoms with Crippen LogP contribution in [0, 0.1) is 11.6 Å². The third-order valence-corrected chi connectivity index (χ3v) is 3.19. The van der Waals surface area contributed by atoms with E-state index < -0.39 is 58.3 Å². The summed E-state index contributed by atoms with van der Waals surface area (Å²) in [5, 5.41) is -0.660. The second-order valence-corrected chi connectivity index (χ2v) is 4.95. The summed E-state index contributed by atoms with van der Waals surface area (Å²) in [6.07, 6.45) is -5.56. The Bertz CT molecular complexity index is 906. The Morgan fingerprint density at radius 2 is 1.92 bits per heavy atom. The van der Waals surface area contributed by atoms with Gasteiger partial charge in [-0.2, -0.15) is 17.6 Å². The molecule has 0 spiro atoms. The zero-order chi connectivity index (χ0) is 19.6. The van der Waals surface area contributed by atoms with Crippen LogP contribution in [0.25, 0.3) is 10.9 Å². The average Bonchev–Trinajstić information content (AvgIpc) is 2.52. The molecular formula is C15H12F5NO5. The van der Waals surface area contributed by atoms with Crippen LogP contribution < -0.4 is 14.9 Å². The number of benzene rings is 1. The van der Waals surface area contributed by atoms with Gasteiger partial charge in [-0.3, -0.25) is 4.79 Å². The molecule has 0 N–H and O–H groups in total. The van der Waals surface area contributed by atoms with Gasteiger partial charge in [0, 0.05) is 0 Å². The van der Waals surface area contributed by atoms with E-state index in [-0.39, 0.29) is 6.61 Å². The minimum atomic E-state index is -4.78. The first-order valence-corrected chi connectivity index (χ1v) is 7.09. The van der Waals surface area contributed by atoms with Crippen molar-refractivity contribution in [2.45, 2.75) is 19.6 Å². The van der Waals surface area contributed by atoms with Crippen LogP contribution in [0.3, 0.4) is 0 Å². The number of pyridine rings is 1. The maximum absolute atomic E-state index is 13.9. The molecule has 0 aliphatic rings. The molecule has 11 heteroatoms. The second kappa shape index (κ2) is 7.18.